The quantitative estimate of drug-likeness (QED) is 0.755. The molecule has 0 radical (unpaired) electrons. The third kappa shape index (κ3) is 2.75. The van der Waals surface area contributed by atoms with Crippen molar-refractivity contribution in [3.63, 3.8) is 0 Å². The minimum atomic E-state index is -0.668. The molecule has 4 aliphatic carbocycles. The first-order valence-electron chi connectivity index (χ1n) is 8.61. The van der Waals surface area contributed by atoms with Gasteiger partial charge >= 0.3 is 5.97 Å². The molecule has 0 atom stereocenters. The second-order valence-corrected chi connectivity index (χ2v) is 8.23. The third-order valence-electron chi connectivity index (χ3n) is 6.12. The Morgan fingerprint density at radius 3 is 2.25 bits per heavy atom. The molecule has 24 heavy (non-hydrogen) atoms. The average molecular weight is 351 g/mol. The summed E-state index contributed by atoms with van der Waals surface area (Å²) in [5.41, 5.74) is -0.182. The van der Waals surface area contributed by atoms with Crippen molar-refractivity contribution in [2.75, 3.05) is 6.61 Å². The van der Waals surface area contributed by atoms with E-state index in [1.54, 1.807) is 0 Å². The van der Waals surface area contributed by atoms with E-state index in [-0.39, 0.29) is 28.4 Å². The van der Waals surface area contributed by atoms with Gasteiger partial charge in [0.1, 0.15) is 5.82 Å². The zero-order chi connectivity index (χ0) is 16.9. The standard InChI is InChI=1S/C19H20ClFO3/c20-16-6-14(21)1-2-15(16)18(23)24-10-17(22)19-7-11-3-12(8-19)5-13(4-11)9-19/h1-2,6,11-13H,3-5,7-10H2. The second kappa shape index (κ2) is 5.83. The number of halogens is 2. The fraction of sp³-hybridized carbons (Fsp3) is 0.579. The highest BCUT2D eigenvalue weighted by Crippen LogP contribution is 2.60. The van der Waals surface area contributed by atoms with Crippen LogP contribution in [0.15, 0.2) is 18.2 Å². The van der Waals surface area contributed by atoms with Crippen LogP contribution in [0.3, 0.4) is 0 Å². The lowest BCUT2D eigenvalue weighted by Gasteiger charge is -2.55. The van der Waals surface area contributed by atoms with Gasteiger partial charge < -0.3 is 4.74 Å². The average Bonchev–Trinajstić information content (AvgIpc) is 2.51. The van der Waals surface area contributed by atoms with Crippen molar-refractivity contribution in [2.24, 2.45) is 23.2 Å². The molecule has 1 aromatic carbocycles. The molecule has 4 fully saturated rings. The number of ketones is 1. The smallest absolute Gasteiger partial charge is 0.340 e. The summed E-state index contributed by atoms with van der Waals surface area (Å²) in [7, 11) is 0. The second-order valence-electron chi connectivity index (χ2n) is 7.82. The van der Waals surface area contributed by atoms with Crippen molar-refractivity contribution in [3.8, 4) is 0 Å². The SMILES string of the molecule is O=C(OCC(=O)C12CC3CC(CC(C3)C1)C2)c1ccc(F)cc1Cl. The van der Waals surface area contributed by atoms with E-state index in [2.05, 4.69) is 0 Å². The number of hydrogen-bond donors (Lipinski definition) is 0. The van der Waals surface area contributed by atoms with Gasteiger partial charge in [-0.1, -0.05) is 11.6 Å². The van der Waals surface area contributed by atoms with E-state index < -0.39 is 11.8 Å². The van der Waals surface area contributed by atoms with Crippen LogP contribution >= 0.6 is 11.6 Å². The molecular formula is C19H20ClFO3. The number of benzene rings is 1. The van der Waals surface area contributed by atoms with Crippen LogP contribution in [0.2, 0.25) is 5.02 Å². The van der Waals surface area contributed by atoms with Gasteiger partial charge in [-0.3, -0.25) is 4.79 Å². The van der Waals surface area contributed by atoms with Gasteiger partial charge in [-0.05, 0) is 74.5 Å². The van der Waals surface area contributed by atoms with Gasteiger partial charge in [0, 0.05) is 5.41 Å². The fourth-order valence-corrected chi connectivity index (χ4v) is 5.71. The summed E-state index contributed by atoms with van der Waals surface area (Å²) in [4.78, 5) is 24.9. The monoisotopic (exact) mass is 350 g/mol. The van der Waals surface area contributed by atoms with Crippen molar-refractivity contribution in [2.45, 2.75) is 38.5 Å². The molecule has 0 amide bonds. The predicted molar refractivity (Wildman–Crippen MR) is 87.3 cm³/mol. The Labute approximate surface area is 145 Å². The maximum absolute atomic E-state index is 13.1. The van der Waals surface area contributed by atoms with E-state index in [4.69, 9.17) is 16.3 Å². The van der Waals surface area contributed by atoms with Gasteiger partial charge in [0.15, 0.2) is 12.4 Å². The van der Waals surface area contributed by atoms with Crippen LogP contribution in [0, 0.1) is 29.0 Å². The summed E-state index contributed by atoms with van der Waals surface area (Å²) in [6, 6.07) is 3.51. The molecule has 0 saturated heterocycles. The molecule has 0 spiro atoms. The van der Waals surface area contributed by atoms with Crippen molar-refractivity contribution in [1.29, 1.82) is 0 Å². The molecule has 128 valence electrons. The molecular weight excluding hydrogens is 331 g/mol. The highest BCUT2D eigenvalue weighted by Gasteiger charge is 2.54. The minimum absolute atomic E-state index is 0.00209. The lowest BCUT2D eigenvalue weighted by atomic mass is 9.48. The van der Waals surface area contributed by atoms with E-state index in [0.717, 1.165) is 31.4 Å². The Morgan fingerprint density at radius 1 is 1.12 bits per heavy atom. The van der Waals surface area contributed by atoms with Gasteiger partial charge in [0.05, 0.1) is 10.6 Å². The van der Waals surface area contributed by atoms with Crippen LogP contribution in [-0.4, -0.2) is 18.4 Å². The van der Waals surface area contributed by atoms with E-state index >= 15 is 0 Å². The minimum Gasteiger partial charge on any atom is -0.454 e. The number of hydrogen-bond acceptors (Lipinski definition) is 3. The Hall–Kier alpha value is -1.42. The zero-order valence-electron chi connectivity index (χ0n) is 13.4. The van der Waals surface area contributed by atoms with E-state index in [1.165, 1.54) is 25.3 Å². The number of esters is 1. The Bertz CT molecular complexity index is 665. The van der Waals surface area contributed by atoms with Gasteiger partial charge in [0.25, 0.3) is 0 Å². The summed E-state index contributed by atoms with van der Waals surface area (Å²) in [6.45, 7) is -0.210. The summed E-state index contributed by atoms with van der Waals surface area (Å²) >= 11 is 5.87. The molecule has 0 aliphatic heterocycles. The highest BCUT2D eigenvalue weighted by atomic mass is 35.5. The van der Waals surface area contributed by atoms with E-state index in [9.17, 15) is 14.0 Å². The maximum Gasteiger partial charge on any atom is 0.340 e. The van der Waals surface area contributed by atoms with Crippen molar-refractivity contribution in [3.05, 3.63) is 34.6 Å². The summed E-state index contributed by atoms with van der Waals surface area (Å²) in [5.74, 6) is 0.875. The molecule has 5 rings (SSSR count). The van der Waals surface area contributed by atoms with E-state index in [1.807, 2.05) is 0 Å². The largest absolute Gasteiger partial charge is 0.454 e. The maximum atomic E-state index is 13.1. The topological polar surface area (TPSA) is 43.4 Å². The Morgan fingerprint density at radius 2 is 1.71 bits per heavy atom. The van der Waals surface area contributed by atoms with Crippen molar-refractivity contribution < 1.29 is 18.7 Å². The predicted octanol–water partition coefficient (Wildman–Crippen LogP) is 4.42. The number of carbonyl (C=O) groups excluding carboxylic acids is 2. The normalized spacial score (nSPS) is 33.5. The summed E-state index contributed by atoms with van der Waals surface area (Å²) in [6.07, 6.45) is 6.64. The third-order valence-corrected chi connectivity index (χ3v) is 6.43. The number of Topliss-reactive ketones (excluding diaryl/α,β-unsaturated/α-hetero) is 1. The van der Waals surface area contributed by atoms with Crippen LogP contribution in [0.1, 0.15) is 48.9 Å². The first kappa shape index (κ1) is 16.1. The fourth-order valence-electron chi connectivity index (χ4n) is 5.47. The van der Waals surface area contributed by atoms with Crippen LogP contribution in [-0.2, 0) is 9.53 Å². The van der Waals surface area contributed by atoms with E-state index in [0.29, 0.717) is 17.8 Å². The Kier molecular flexibility index (Phi) is 3.91. The molecule has 0 aromatic heterocycles. The molecule has 4 saturated carbocycles. The molecule has 1 aromatic rings. The molecule has 3 nitrogen and oxygen atoms in total. The first-order chi connectivity index (χ1) is 11.4. The molecule has 0 unspecified atom stereocenters. The van der Waals surface area contributed by atoms with Crippen LogP contribution in [0.5, 0.6) is 0 Å². The zero-order valence-corrected chi connectivity index (χ0v) is 14.2. The lowest BCUT2D eigenvalue weighted by molar-refractivity contribution is -0.147. The van der Waals surface area contributed by atoms with Gasteiger partial charge in [0.2, 0.25) is 0 Å². The van der Waals surface area contributed by atoms with Crippen molar-refractivity contribution >= 4 is 23.4 Å². The Balaban J connectivity index is 1.42. The molecule has 0 heterocycles. The molecule has 5 heteroatoms. The molecule has 0 N–H and O–H groups in total. The molecule has 4 aliphatic rings. The molecule has 4 bridgehead atoms. The van der Waals surface area contributed by atoms with Crippen LogP contribution in [0.4, 0.5) is 4.39 Å². The highest BCUT2D eigenvalue weighted by molar-refractivity contribution is 6.33. The summed E-state index contributed by atoms with van der Waals surface area (Å²) < 4.78 is 18.3. The van der Waals surface area contributed by atoms with Crippen molar-refractivity contribution in [1.82, 2.24) is 0 Å². The van der Waals surface area contributed by atoms with Gasteiger partial charge in [-0.15, -0.1) is 0 Å². The van der Waals surface area contributed by atoms with Gasteiger partial charge in [-0.25, -0.2) is 9.18 Å². The number of rotatable bonds is 4. The lowest BCUT2D eigenvalue weighted by Crippen LogP contribution is -2.51. The van der Waals surface area contributed by atoms with Gasteiger partial charge in [-0.2, -0.15) is 0 Å². The number of ether oxygens (including phenoxy) is 1. The van der Waals surface area contributed by atoms with Crippen LogP contribution in [0.25, 0.3) is 0 Å². The van der Waals surface area contributed by atoms with Crippen LogP contribution < -0.4 is 0 Å². The summed E-state index contributed by atoms with van der Waals surface area (Å²) in [5, 5.41) is 0.00209. The first-order valence-corrected chi connectivity index (χ1v) is 8.98. The number of carbonyl (C=O) groups is 2.